The summed E-state index contributed by atoms with van der Waals surface area (Å²) in [5.74, 6) is -0.912. The molecule has 0 bridgehead atoms. The quantitative estimate of drug-likeness (QED) is 0.399. The molecule has 29 heavy (non-hydrogen) atoms. The van der Waals surface area contributed by atoms with Crippen LogP contribution in [0.4, 0.5) is 11.4 Å². The van der Waals surface area contributed by atoms with Gasteiger partial charge in [0.25, 0.3) is 5.91 Å². The largest absolute Gasteiger partial charge is 0.397 e. The van der Waals surface area contributed by atoms with Crippen LogP contribution in [0, 0.1) is 0 Å². The minimum absolute atomic E-state index is 0.0582. The zero-order chi connectivity index (χ0) is 21.0. The van der Waals surface area contributed by atoms with Crippen molar-refractivity contribution in [1.29, 1.82) is 0 Å². The number of nitrogen functional groups attached to an aromatic ring is 1. The van der Waals surface area contributed by atoms with E-state index in [4.69, 9.17) is 5.73 Å². The third-order valence-corrected chi connectivity index (χ3v) is 5.14. The molecule has 0 unspecified atom stereocenters. The number of fused-ring (bicyclic) bond motifs is 2. The molecule has 4 N–H and O–H groups in total. The molecule has 1 aliphatic rings. The van der Waals surface area contributed by atoms with Crippen molar-refractivity contribution in [1.82, 2.24) is 5.32 Å². The van der Waals surface area contributed by atoms with E-state index in [1.165, 1.54) is 0 Å². The second-order valence-electron chi connectivity index (χ2n) is 7.23. The smallest absolute Gasteiger partial charge is 0.253 e. The Labute approximate surface area is 170 Å². The van der Waals surface area contributed by atoms with Crippen molar-refractivity contribution < 1.29 is 14.4 Å². The Bertz CT molecular complexity index is 966. The molecule has 0 atom stereocenters. The Hall–Kier alpha value is -3.15. The molecule has 1 aliphatic carbocycles. The lowest BCUT2D eigenvalue weighted by molar-refractivity contribution is 0.0952. The average Bonchev–Trinajstić information content (AvgIpc) is 2.73. The molecule has 0 heterocycles. The van der Waals surface area contributed by atoms with Gasteiger partial charge >= 0.3 is 0 Å². The van der Waals surface area contributed by atoms with Gasteiger partial charge in [0, 0.05) is 29.9 Å². The van der Waals surface area contributed by atoms with Crippen LogP contribution in [0.5, 0.6) is 0 Å². The van der Waals surface area contributed by atoms with Crippen molar-refractivity contribution in [2.24, 2.45) is 0 Å². The number of unbranched alkanes of at least 4 members (excludes halogenated alkanes) is 2. The monoisotopic (exact) mass is 393 g/mol. The highest BCUT2D eigenvalue weighted by Crippen LogP contribution is 2.37. The number of nitrogens with one attached hydrogen (secondary N) is 2. The predicted molar refractivity (Wildman–Crippen MR) is 115 cm³/mol. The molecule has 0 spiro atoms. The van der Waals surface area contributed by atoms with Crippen molar-refractivity contribution in [3.05, 3.63) is 58.1 Å². The van der Waals surface area contributed by atoms with Crippen LogP contribution in [-0.2, 0) is 0 Å². The highest BCUT2D eigenvalue weighted by atomic mass is 16.2. The number of ketones is 2. The van der Waals surface area contributed by atoms with Crippen molar-refractivity contribution in [2.45, 2.75) is 39.5 Å². The number of nitrogens with two attached hydrogens (primary N) is 1. The van der Waals surface area contributed by atoms with Gasteiger partial charge in [0.2, 0.25) is 0 Å². The minimum atomic E-state index is -0.337. The van der Waals surface area contributed by atoms with Crippen molar-refractivity contribution in [3.63, 3.8) is 0 Å². The number of anilines is 2. The normalized spacial score (nSPS) is 12.3. The molecular weight excluding hydrogens is 366 g/mol. The van der Waals surface area contributed by atoms with E-state index in [9.17, 15) is 14.4 Å². The van der Waals surface area contributed by atoms with Crippen molar-refractivity contribution in [3.8, 4) is 0 Å². The van der Waals surface area contributed by atoms with Crippen LogP contribution in [-0.4, -0.2) is 30.6 Å². The predicted octanol–water partition coefficient (Wildman–Crippen LogP) is 3.79. The van der Waals surface area contributed by atoms with Crippen LogP contribution >= 0.6 is 0 Å². The Morgan fingerprint density at radius 3 is 2.14 bits per heavy atom. The summed E-state index contributed by atoms with van der Waals surface area (Å²) in [6, 6.07) is 8.32. The molecule has 6 heteroatoms. The van der Waals surface area contributed by atoms with E-state index >= 15 is 0 Å². The average molecular weight is 393 g/mol. The summed E-state index contributed by atoms with van der Waals surface area (Å²) in [5.41, 5.74) is 8.10. The van der Waals surface area contributed by atoms with Gasteiger partial charge in [-0.2, -0.15) is 0 Å². The van der Waals surface area contributed by atoms with Crippen LogP contribution in [0.25, 0.3) is 0 Å². The summed E-state index contributed by atoms with van der Waals surface area (Å²) < 4.78 is 0. The van der Waals surface area contributed by atoms with E-state index in [0.29, 0.717) is 29.9 Å². The Kier molecular flexibility index (Phi) is 6.32. The molecule has 0 aliphatic heterocycles. The second kappa shape index (κ2) is 8.90. The minimum Gasteiger partial charge on any atom is -0.397 e. The molecular formula is C23H27N3O3. The lowest BCUT2D eigenvalue weighted by atomic mass is 9.81. The van der Waals surface area contributed by atoms with Gasteiger partial charge in [-0.05, 0) is 18.9 Å². The van der Waals surface area contributed by atoms with E-state index in [-0.39, 0.29) is 39.9 Å². The lowest BCUT2D eigenvalue weighted by Gasteiger charge is -2.24. The fourth-order valence-electron chi connectivity index (χ4n) is 3.52. The molecule has 3 rings (SSSR count). The molecule has 1 amide bonds. The van der Waals surface area contributed by atoms with Crippen LogP contribution in [0.2, 0.25) is 0 Å². The summed E-state index contributed by atoms with van der Waals surface area (Å²) in [6.45, 7) is 5.27. The second-order valence-corrected chi connectivity index (χ2v) is 7.23. The van der Waals surface area contributed by atoms with Gasteiger partial charge in [-0.3, -0.25) is 14.4 Å². The third kappa shape index (κ3) is 3.88. The van der Waals surface area contributed by atoms with Crippen LogP contribution in [0.15, 0.2) is 30.3 Å². The summed E-state index contributed by atoms with van der Waals surface area (Å²) in [5, 5.41) is 6.08. The van der Waals surface area contributed by atoms with E-state index < -0.39 is 0 Å². The van der Waals surface area contributed by atoms with Crippen LogP contribution in [0.1, 0.15) is 81.7 Å². The molecule has 0 aromatic heterocycles. The van der Waals surface area contributed by atoms with E-state index in [1.807, 2.05) is 6.92 Å². The molecule has 2 aromatic carbocycles. The molecule has 0 saturated carbocycles. The van der Waals surface area contributed by atoms with Gasteiger partial charge in [0.1, 0.15) is 0 Å². The maximum atomic E-state index is 13.2. The first-order chi connectivity index (χ1) is 14.0. The number of carbonyl (C=O) groups excluding carboxylic acids is 3. The molecule has 0 radical (unpaired) electrons. The summed E-state index contributed by atoms with van der Waals surface area (Å²) in [6.07, 6.45) is 3.68. The van der Waals surface area contributed by atoms with E-state index in [0.717, 1.165) is 25.7 Å². The molecule has 152 valence electrons. The Balaban J connectivity index is 2.13. The number of carbonyl (C=O) groups is 3. The summed E-state index contributed by atoms with van der Waals surface area (Å²) in [4.78, 5) is 39.1. The lowest BCUT2D eigenvalue weighted by Crippen LogP contribution is -2.29. The molecule has 0 fully saturated rings. The summed E-state index contributed by atoms with van der Waals surface area (Å²) in [7, 11) is 0. The van der Waals surface area contributed by atoms with Gasteiger partial charge in [0.05, 0.1) is 22.4 Å². The fourth-order valence-corrected chi connectivity index (χ4v) is 3.52. The van der Waals surface area contributed by atoms with Gasteiger partial charge in [-0.25, -0.2) is 0 Å². The molecule has 2 aromatic rings. The first-order valence-corrected chi connectivity index (χ1v) is 10.2. The number of hydrogen-bond donors (Lipinski definition) is 3. The van der Waals surface area contributed by atoms with Crippen LogP contribution < -0.4 is 16.4 Å². The SMILES string of the molecule is CCCCNC(=O)c1cc(NCCCC)c2c(c1N)C(=O)c1ccccc1C2=O. The highest BCUT2D eigenvalue weighted by molar-refractivity contribution is 6.32. The van der Waals surface area contributed by atoms with Gasteiger partial charge < -0.3 is 16.4 Å². The topological polar surface area (TPSA) is 101 Å². The highest BCUT2D eigenvalue weighted by Gasteiger charge is 2.35. The fraction of sp³-hybridized carbons (Fsp3) is 0.348. The van der Waals surface area contributed by atoms with Gasteiger partial charge in [-0.15, -0.1) is 0 Å². The molecule has 6 nitrogen and oxygen atoms in total. The number of hydrogen-bond acceptors (Lipinski definition) is 5. The maximum Gasteiger partial charge on any atom is 0.253 e. The standard InChI is InChI=1S/C23H27N3O3/c1-3-5-11-25-17-13-16(23(29)26-12-6-4-2)20(24)19-18(17)21(27)14-9-7-8-10-15(14)22(19)28/h7-10,13,25H,3-6,11-12,24H2,1-2H3,(H,26,29). The van der Waals surface area contributed by atoms with E-state index in [1.54, 1.807) is 30.3 Å². The number of rotatable bonds is 8. The van der Waals surface area contributed by atoms with Crippen molar-refractivity contribution >= 4 is 28.8 Å². The first kappa shape index (κ1) is 20.6. The Morgan fingerprint density at radius 2 is 1.52 bits per heavy atom. The van der Waals surface area contributed by atoms with E-state index in [2.05, 4.69) is 17.6 Å². The van der Waals surface area contributed by atoms with Gasteiger partial charge in [0.15, 0.2) is 11.6 Å². The van der Waals surface area contributed by atoms with Crippen molar-refractivity contribution in [2.75, 3.05) is 24.1 Å². The van der Waals surface area contributed by atoms with Gasteiger partial charge in [-0.1, -0.05) is 51.0 Å². The number of amides is 1. The number of benzene rings is 2. The zero-order valence-corrected chi connectivity index (χ0v) is 16.9. The maximum absolute atomic E-state index is 13.2. The Morgan fingerprint density at radius 1 is 0.931 bits per heavy atom. The molecule has 0 saturated heterocycles. The first-order valence-electron chi connectivity index (χ1n) is 10.2. The zero-order valence-electron chi connectivity index (χ0n) is 16.9. The van der Waals surface area contributed by atoms with Crippen LogP contribution in [0.3, 0.4) is 0 Å². The summed E-state index contributed by atoms with van der Waals surface area (Å²) >= 11 is 0. The third-order valence-electron chi connectivity index (χ3n) is 5.14.